The fourth-order valence-electron chi connectivity index (χ4n) is 10.4. The average Bonchev–Trinajstić information content (AvgIpc) is 3.38. The number of phosphoric acid groups is 1. The van der Waals surface area contributed by atoms with Crippen molar-refractivity contribution in [2.75, 3.05) is 40.9 Å². The summed E-state index contributed by atoms with van der Waals surface area (Å²) >= 11 is 0. The molecule has 0 saturated carbocycles. The van der Waals surface area contributed by atoms with Crippen LogP contribution < -0.4 is 10.2 Å². The average molecular weight is 1090 g/mol. The van der Waals surface area contributed by atoms with Crippen molar-refractivity contribution >= 4 is 13.7 Å². The summed E-state index contributed by atoms with van der Waals surface area (Å²) in [5, 5.41) is 13.9. The van der Waals surface area contributed by atoms with E-state index in [4.69, 9.17) is 9.05 Å². The van der Waals surface area contributed by atoms with Gasteiger partial charge in [-0.3, -0.25) is 9.36 Å². The lowest BCUT2D eigenvalue weighted by Gasteiger charge is -2.29. The second kappa shape index (κ2) is 58.6. The maximum atomic E-state index is 13.0. The minimum Gasteiger partial charge on any atom is -0.756 e. The lowest BCUT2D eigenvalue weighted by molar-refractivity contribution is -0.870. The van der Waals surface area contributed by atoms with Crippen molar-refractivity contribution in [2.45, 2.75) is 360 Å². The lowest BCUT2D eigenvalue weighted by Crippen LogP contribution is -2.45. The number of hydrogen-bond donors (Lipinski definition) is 2. The number of carbonyl (C=O) groups excluding carboxylic acids is 1. The molecule has 0 spiro atoms. The molecule has 0 aliphatic rings. The third kappa shape index (κ3) is 60.6. The van der Waals surface area contributed by atoms with Crippen molar-refractivity contribution in [1.82, 2.24) is 5.32 Å². The first-order chi connectivity index (χ1) is 37.0. The molecule has 9 heteroatoms. The first-order valence-corrected chi connectivity index (χ1v) is 35.2. The van der Waals surface area contributed by atoms with Crippen LogP contribution in [0.4, 0.5) is 0 Å². The Labute approximate surface area is 474 Å². The Balaban J connectivity index is 3.93. The van der Waals surface area contributed by atoms with Crippen LogP contribution in [0.15, 0.2) is 24.3 Å². The largest absolute Gasteiger partial charge is 0.756 e. The summed E-state index contributed by atoms with van der Waals surface area (Å²) in [7, 11) is 1.26. The fraction of sp³-hybridized carbons (Fsp3) is 0.925. The molecule has 0 fully saturated rings. The number of likely N-dealkylation sites (N-methyl/N-ethyl adjacent to an activating group) is 1. The number of aliphatic hydroxyl groups is 1. The van der Waals surface area contributed by atoms with Gasteiger partial charge in [0.15, 0.2) is 0 Å². The number of aliphatic hydroxyl groups excluding tert-OH is 1. The van der Waals surface area contributed by atoms with E-state index < -0.39 is 20.0 Å². The van der Waals surface area contributed by atoms with E-state index in [9.17, 15) is 19.4 Å². The Morgan fingerprint density at radius 1 is 0.447 bits per heavy atom. The van der Waals surface area contributed by atoms with Gasteiger partial charge >= 0.3 is 0 Å². The second-order valence-corrected chi connectivity index (χ2v) is 25.9. The molecular formula is C67H133N2O6P. The van der Waals surface area contributed by atoms with Crippen LogP contribution in [0.25, 0.3) is 0 Å². The van der Waals surface area contributed by atoms with Crippen molar-refractivity contribution in [1.29, 1.82) is 0 Å². The SMILES string of the molecule is CCCCCCCCCCCCC/C=C/CC/C=C/C(O)C(COP(=O)([O-])OCC[N+](C)(C)C)NC(=O)CCCCCCCCCCCCCCCCCCCCCCCCCCCCCCCCCCCCCCC. The fourth-order valence-corrected chi connectivity index (χ4v) is 11.1. The molecule has 0 aromatic heterocycles. The van der Waals surface area contributed by atoms with E-state index in [1.165, 1.54) is 289 Å². The molecule has 2 N–H and O–H groups in total. The van der Waals surface area contributed by atoms with Gasteiger partial charge in [-0.15, -0.1) is 0 Å². The number of allylic oxidation sites excluding steroid dienone is 3. The summed E-state index contributed by atoms with van der Waals surface area (Å²) in [6.45, 7) is 4.68. The first-order valence-electron chi connectivity index (χ1n) is 33.7. The number of nitrogens with zero attached hydrogens (tertiary/aromatic N) is 1. The van der Waals surface area contributed by atoms with E-state index in [0.717, 1.165) is 38.5 Å². The zero-order valence-corrected chi connectivity index (χ0v) is 52.6. The number of nitrogens with one attached hydrogen (secondary N) is 1. The summed E-state index contributed by atoms with van der Waals surface area (Å²) in [6.07, 6.45) is 76.0. The number of quaternary nitrogens is 1. The van der Waals surface area contributed by atoms with Crippen LogP contribution in [0.3, 0.4) is 0 Å². The number of hydrogen-bond acceptors (Lipinski definition) is 6. The van der Waals surface area contributed by atoms with Crippen molar-refractivity contribution in [3.63, 3.8) is 0 Å². The predicted octanol–water partition coefficient (Wildman–Crippen LogP) is 20.5. The highest BCUT2D eigenvalue weighted by Gasteiger charge is 2.23. The van der Waals surface area contributed by atoms with Crippen LogP contribution >= 0.6 is 7.82 Å². The van der Waals surface area contributed by atoms with Crippen LogP contribution in [-0.4, -0.2) is 68.5 Å². The van der Waals surface area contributed by atoms with Gasteiger partial charge in [0, 0.05) is 6.42 Å². The van der Waals surface area contributed by atoms with Gasteiger partial charge in [0.25, 0.3) is 7.82 Å². The highest BCUT2D eigenvalue weighted by Crippen LogP contribution is 2.38. The standard InChI is InChI=1S/C67H133N2O6P/c1-6-8-10-12-14-16-18-20-22-24-25-26-27-28-29-30-31-32-33-34-35-36-37-38-39-40-41-42-43-45-47-49-51-53-55-57-59-61-67(71)68-65(64-75-76(72,73)74-63-62-69(3,4)5)66(70)60-58-56-54-52-50-48-46-44-23-21-19-17-15-13-11-9-7-2/h50,52,58,60,65-66,70H,6-49,51,53-57,59,61-64H2,1-5H3,(H-,68,71,72,73)/b52-50+,60-58+. The molecule has 0 rings (SSSR count). The lowest BCUT2D eigenvalue weighted by atomic mass is 10.0. The molecule has 1 amide bonds. The predicted molar refractivity (Wildman–Crippen MR) is 330 cm³/mol. The monoisotopic (exact) mass is 1090 g/mol. The molecule has 0 bridgehead atoms. The molecule has 0 radical (unpaired) electrons. The highest BCUT2D eigenvalue weighted by atomic mass is 31.2. The quantitative estimate of drug-likeness (QED) is 0.0272. The van der Waals surface area contributed by atoms with E-state index in [1.54, 1.807) is 6.08 Å². The number of amides is 1. The Morgan fingerprint density at radius 3 is 1.07 bits per heavy atom. The minimum atomic E-state index is -4.60. The molecule has 0 aliphatic carbocycles. The third-order valence-corrected chi connectivity index (χ3v) is 16.6. The Bertz CT molecular complexity index is 1290. The van der Waals surface area contributed by atoms with E-state index in [-0.39, 0.29) is 19.1 Å². The van der Waals surface area contributed by atoms with Crippen LogP contribution in [-0.2, 0) is 18.4 Å². The molecule has 3 unspecified atom stereocenters. The summed E-state index contributed by atoms with van der Waals surface area (Å²) in [6, 6.07) is -0.900. The summed E-state index contributed by atoms with van der Waals surface area (Å²) in [5.74, 6) is -0.200. The van der Waals surface area contributed by atoms with Crippen molar-refractivity contribution in [3.8, 4) is 0 Å². The van der Waals surface area contributed by atoms with E-state index in [2.05, 4.69) is 31.3 Å². The number of unbranched alkanes of at least 4 members (excludes halogenated alkanes) is 48. The van der Waals surface area contributed by atoms with Crippen LogP contribution in [0.2, 0.25) is 0 Å². The number of carbonyl (C=O) groups is 1. The van der Waals surface area contributed by atoms with Gasteiger partial charge in [0.1, 0.15) is 13.2 Å². The van der Waals surface area contributed by atoms with Crippen LogP contribution in [0.5, 0.6) is 0 Å². The Morgan fingerprint density at radius 2 is 0.737 bits per heavy atom. The van der Waals surface area contributed by atoms with Gasteiger partial charge in [-0.1, -0.05) is 334 Å². The minimum absolute atomic E-state index is 0.00367. The van der Waals surface area contributed by atoms with Crippen molar-refractivity contribution in [2.24, 2.45) is 0 Å². The molecule has 0 saturated heterocycles. The second-order valence-electron chi connectivity index (χ2n) is 24.5. The molecule has 0 aromatic carbocycles. The van der Waals surface area contributed by atoms with Gasteiger partial charge in [0.05, 0.1) is 39.9 Å². The maximum absolute atomic E-state index is 13.0. The normalized spacial score (nSPS) is 13.8. The van der Waals surface area contributed by atoms with Gasteiger partial charge in [-0.25, -0.2) is 0 Å². The zero-order chi connectivity index (χ0) is 55.6. The maximum Gasteiger partial charge on any atom is 0.268 e. The number of phosphoric ester groups is 1. The van der Waals surface area contributed by atoms with Crippen LogP contribution in [0.1, 0.15) is 348 Å². The molecular weight excluding hydrogens is 960 g/mol. The third-order valence-electron chi connectivity index (χ3n) is 15.7. The summed E-state index contributed by atoms with van der Waals surface area (Å²) < 4.78 is 23.4. The Hall–Kier alpha value is -1.02. The van der Waals surface area contributed by atoms with E-state index >= 15 is 0 Å². The summed E-state index contributed by atoms with van der Waals surface area (Å²) in [5.41, 5.74) is 0. The van der Waals surface area contributed by atoms with Crippen molar-refractivity contribution in [3.05, 3.63) is 24.3 Å². The van der Waals surface area contributed by atoms with Gasteiger partial charge in [-0.05, 0) is 32.1 Å². The van der Waals surface area contributed by atoms with Gasteiger partial charge in [0.2, 0.25) is 5.91 Å². The summed E-state index contributed by atoms with van der Waals surface area (Å²) in [4.78, 5) is 25.5. The molecule has 76 heavy (non-hydrogen) atoms. The smallest absolute Gasteiger partial charge is 0.268 e. The van der Waals surface area contributed by atoms with Crippen LogP contribution in [0, 0.1) is 0 Å². The number of rotatable bonds is 63. The zero-order valence-electron chi connectivity index (χ0n) is 51.7. The molecule has 0 aliphatic heterocycles. The van der Waals surface area contributed by atoms with E-state index in [1.807, 2.05) is 27.2 Å². The molecule has 452 valence electrons. The van der Waals surface area contributed by atoms with Gasteiger partial charge in [-0.2, -0.15) is 0 Å². The van der Waals surface area contributed by atoms with E-state index in [0.29, 0.717) is 17.4 Å². The topological polar surface area (TPSA) is 108 Å². The Kier molecular flexibility index (Phi) is 57.8. The first kappa shape index (κ1) is 75.0. The molecule has 3 atom stereocenters. The molecule has 0 heterocycles. The van der Waals surface area contributed by atoms with Gasteiger partial charge < -0.3 is 28.8 Å². The molecule has 8 nitrogen and oxygen atoms in total. The molecule has 0 aromatic rings. The highest BCUT2D eigenvalue weighted by molar-refractivity contribution is 7.45. The van der Waals surface area contributed by atoms with Crippen molar-refractivity contribution < 1.29 is 32.9 Å².